The highest BCUT2D eigenvalue weighted by molar-refractivity contribution is 7.80. The maximum Gasteiger partial charge on any atom is 0.274 e. The van der Waals surface area contributed by atoms with Crippen molar-refractivity contribution in [2.24, 2.45) is 0 Å². The smallest absolute Gasteiger partial charge is 0.274 e. The first-order valence-corrected chi connectivity index (χ1v) is 9.53. The van der Waals surface area contributed by atoms with Gasteiger partial charge in [-0.05, 0) is 50.3 Å². The van der Waals surface area contributed by atoms with Gasteiger partial charge in [0.05, 0.1) is 41.7 Å². The van der Waals surface area contributed by atoms with Crippen LogP contribution in [0.2, 0.25) is 0 Å². The Bertz CT molecular complexity index is 967. The van der Waals surface area contributed by atoms with Crippen molar-refractivity contribution in [2.75, 3.05) is 36.4 Å². The van der Waals surface area contributed by atoms with Crippen LogP contribution in [0.25, 0.3) is 11.0 Å². The highest BCUT2D eigenvalue weighted by Gasteiger charge is 2.24. The maximum atomic E-state index is 5.63. The molecule has 0 spiro atoms. The molecule has 0 bridgehead atoms. The largest absolute Gasteiger partial charge is 0.341 e. The Hall–Kier alpha value is -2.80. The maximum absolute atomic E-state index is 5.63. The molecule has 1 aromatic carbocycles. The number of hydrogen-bond donors (Lipinski definition) is 1. The second-order valence-electron chi connectivity index (χ2n) is 6.75. The van der Waals surface area contributed by atoms with Crippen LogP contribution < -0.4 is 15.2 Å². The third-order valence-electron chi connectivity index (χ3n) is 4.93. The first-order chi connectivity index (χ1) is 13.1. The molecule has 2 aromatic heterocycles. The van der Waals surface area contributed by atoms with Crippen molar-refractivity contribution < 1.29 is 4.98 Å². The number of nitrogens with zero attached hydrogens (tertiary/aromatic N) is 4. The van der Waals surface area contributed by atoms with E-state index in [1.54, 1.807) is 0 Å². The average Bonchev–Trinajstić information content (AvgIpc) is 2.70. The van der Waals surface area contributed by atoms with Gasteiger partial charge in [-0.3, -0.25) is 4.90 Å². The van der Waals surface area contributed by atoms with Crippen LogP contribution in [-0.4, -0.2) is 46.2 Å². The topological polar surface area (TPSA) is 58.4 Å². The SMILES string of the molecule is Cc1nc2ccc(NC(=S)N3CCN(c4cccc[nH+]4)CC3)cc2nc1C. The number of H-pyrrole nitrogens is 1. The van der Waals surface area contributed by atoms with Crippen LogP contribution >= 0.6 is 12.2 Å². The van der Waals surface area contributed by atoms with E-state index in [4.69, 9.17) is 12.2 Å². The molecule has 138 valence electrons. The molecule has 7 heteroatoms. The minimum absolute atomic E-state index is 0.753. The van der Waals surface area contributed by atoms with Crippen molar-refractivity contribution in [3.8, 4) is 0 Å². The quantitative estimate of drug-likeness (QED) is 0.691. The molecule has 0 aliphatic carbocycles. The summed E-state index contributed by atoms with van der Waals surface area (Å²) in [5.74, 6) is 1.15. The lowest BCUT2D eigenvalue weighted by Gasteiger charge is -2.32. The highest BCUT2D eigenvalue weighted by atomic mass is 32.1. The van der Waals surface area contributed by atoms with E-state index in [9.17, 15) is 0 Å². The van der Waals surface area contributed by atoms with E-state index in [1.165, 1.54) is 0 Å². The Morgan fingerprint density at radius 3 is 2.44 bits per heavy atom. The fourth-order valence-corrected chi connectivity index (χ4v) is 3.54. The van der Waals surface area contributed by atoms with E-state index >= 15 is 0 Å². The third kappa shape index (κ3) is 3.83. The number of benzene rings is 1. The van der Waals surface area contributed by atoms with Gasteiger partial charge in [0.15, 0.2) is 5.11 Å². The molecule has 3 heterocycles. The zero-order valence-electron chi connectivity index (χ0n) is 15.6. The summed E-state index contributed by atoms with van der Waals surface area (Å²) in [4.78, 5) is 17.1. The molecule has 1 fully saturated rings. The number of thiocarbonyl (C=S) groups is 1. The van der Waals surface area contributed by atoms with Gasteiger partial charge >= 0.3 is 0 Å². The summed E-state index contributed by atoms with van der Waals surface area (Å²) >= 11 is 5.63. The summed E-state index contributed by atoms with van der Waals surface area (Å²) in [6.07, 6.45) is 1.96. The first kappa shape index (κ1) is 17.6. The Balaban J connectivity index is 1.41. The molecule has 2 N–H and O–H groups in total. The summed E-state index contributed by atoms with van der Waals surface area (Å²) in [6.45, 7) is 7.61. The number of nitrogens with one attached hydrogen (secondary N) is 2. The van der Waals surface area contributed by atoms with E-state index in [1.807, 2.05) is 44.3 Å². The zero-order chi connectivity index (χ0) is 18.8. The Morgan fingerprint density at radius 1 is 1.00 bits per heavy atom. The van der Waals surface area contributed by atoms with Gasteiger partial charge in [0.1, 0.15) is 13.1 Å². The van der Waals surface area contributed by atoms with E-state index in [0.717, 1.165) is 65.2 Å². The molecule has 0 atom stereocenters. The van der Waals surface area contributed by atoms with Crippen LogP contribution in [0.5, 0.6) is 0 Å². The average molecular weight is 380 g/mol. The lowest BCUT2D eigenvalue weighted by molar-refractivity contribution is -0.364. The fraction of sp³-hybridized carbons (Fsp3) is 0.300. The number of fused-ring (bicyclic) bond motifs is 1. The van der Waals surface area contributed by atoms with Crippen molar-refractivity contribution in [3.63, 3.8) is 0 Å². The molecule has 6 nitrogen and oxygen atoms in total. The molecule has 0 radical (unpaired) electrons. The second-order valence-corrected chi connectivity index (χ2v) is 7.14. The number of anilines is 2. The highest BCUT2D eigenvalue weighted by Crippen LogP contribution is 2.18. The lowest BCUT2D eigenvalue weighted by atomic mass is 10.2. The van der Waals surface area contributed by atoms with Gasteiger partial charge in [0, 0.05) is 11.8 Å². The number of piperazine rings is 1. The molecule has 0 saturated carbocycles. The van der Waals surface area contributed by atoms with Crippen molar-refractivity contribution in [1.29, 1.82) is 0 Å². The molecular formula is C20H23N6S+. The standard InChI is InChI=1S/C20H22N6S/c1-14-15(2)23-18-13-16(6-7-17(18)22-14)24-20(27)26-11-9-25(10-12-26)19-5-3-4-8-21-19/h3-8,13H,9-12H2,1-2H3,(H,24,27)/p+1. The fourth-order valence-electron chi connectivity index (χ4n) is 3.24. The third-order valence-corrected chi connectivity index (χ3v) is 5.29. The number of aryl methyl sites for hydroxylation is 2. The van der Waals surface area contributed by atoms with Gasteiger partial charge in [-0.25, -0.2) is 15.0 Å². The van der Waals surface area contributed by atoms with Gasteiger partial charge in [-0.1, -0.05) is 6.07 Å². The van der Waals surface area contributed by atoms with E-state index in [2.05, 4.69) is 42.2 Å². The van der Waals surface area contributed by atoms with Gasteiger partial charge in [0.2, 0.25) is 0 Å². The van der Waals surface area contributed by atoms with Crippen LogP contribution in [0.4, 0.5) is 11.5 Å². The van der Waals surface area contributed by atoms with Crippen LogP contribution in [0, 0.1) is 13.8 Å². The molecule has 4 rings (SSSR count). The van der Waals surface area contributed by atoms with Crippen molar-refractivity contribution in [1.82, 2.24) is 14.9 Å². The number of hydrogen-bond acceptors (Lipinski definition) is 4. The second kappa shape index (κ2) is 7.44. The molecular weight excluding hydrogens is 356 g/mol. The van der Waals surface area contributed by atoms with Crippen LogP contribution in [0.15, 0.2) is 42.6 Å². The van der Waals surface area contributed by atoms with E-state index in [-0.39, 0.29) is 0 Å². The molecule has 0 amide bonds. The van der Waals surface area contributed by atoms with Crippen molar-refractivity contribution in [3.05, 3.63) is 54.0 Å². The molecule has 27 heavy (non-hydrogen) atoms. The van der Waals surface area contributed by atoms with Crippen molar-refractivity contribution in [2.45, 2.75) is 13.8 Å². The van der Waals surface area contributed by atoms with Gasteiger partial charge in [-0.2, -0.15) is 0 Å². The molecule has 0 unspecified atom stereocenters. The molecule has 1 aliphatic heterocycles. The Kier molecular flexibility index (Phi) is 4.85. The molecule has 1 saturated heterocycles. The van der Waals surface area contributed by atoms with Crippen LogP contribution in [0.3, 0.4) is 0 Å². The summed E-state index contributed by atoms with van der Waals surface area (Å²) in [5, 5.41) is 4.11. The lowest BCUT2D eigenvalue weighted by Crippen LogP contribution is -2.51. The summed E-state index contributed by atoms with van der Waals surface area (Å²) < 4.78 is 0. The Morgan fingerprint density at radius 2 is 1.74 bits per heavy atom. The van der Waals surface area contributed by atoms with Crippen molar-refractivity contribution >= 4 is 39.9 Å². The minimum atomic E-state index is 0.753. The minimum Gasteiger partial charge on any atom is -0.341 e. The van der Waals surface area contributed by atoms with Crippen LogP contribution in [-0.2, 0) is 0 Å². The van der Waals surface area contributed by atoms with Gasteiger partial charge in [-0.15, -0.1) is 0 Å². The summed E-state index contributed by atoms with van der Waals surface area (Å²) in [6, 6.07) is 12.2. The zero-order valence-corrected chi connectivity index (χ0v) is 16.4. The van der Waals surface area contributed by atoms with Crippen LogP contribution in [0.1, 0.15) is 11.4 Å². The summed E-state index contributed by atoms with van der Waals surface area (Å²) in [5.41, 5.74) is 4.66. The van der Waals surface area contributed by atoms with Gasteiger partial charge < -0.3 is 10.2 Å². The predicted octanol–water partition coefficient (Wildman–Crippen LogP) is 2.58. The van der Waals surface area contributed by atoms with Gasteiger partial charge in [0.25, 0.3) is 5.82 Å². The number of aromatic amines is 1. The predicted molar refractivity (Wildman–Crippen MR) is 112 cm³/mol. The van der Waals surface area contributed by atoms with E-state index in [0.29, 0.717) is 0 Å². The Labute approximate surface area is 164 Å². The number of pyridine rings is 1. The first-order valence-electron chi connectivity index (χ1n) is 9.13. The molecule has 1 aliphatic rings. The monoisotopic (exact) mass is 379 g/mol. The summed E-state index contributed by atoms with van der Waals surface area (Å²) in [7, 11) is 0. The van der Waals surface area contributed by atoms with E-state index < -0.39 is 0 Å². The normalized spacial score (nSPS) is 14.4. The molecule has 3 aromatic rings. The number of rotatable bonds is 2. The number of aromatic nitrogens is 3.